The molecular formula is C15H21N3. The zero-order valence-corrected chi connectivity index (χ0v) is 11.6. The molecule has 0 N–H and O–H groups in total. The van der Waals surface area contributed by atoms with Crippen LogP contribution in [0, 0.1) is 11.3 Å². The molecule has 96 valence electrons. The third kappa shape index (κ3) is 2.23. The highest BCUT2D eigenvalue weighted by atomic mass is 15.1. The molecule has 18 heavy (non-hydrogen) atoms. The molecule has 0 aliphatic heterocycles. The van der Waals surface area contributed by atoms with Gasteiger partial charge >= 0.3 is 0 Å². The molecule has 0 aromatic heterocycles. The van der Waals surface area contributed by atoms with Crippen LogP contribution in [-0.4, -0.2) is 6.04 Å². The summed E-state index contributed by atoms with van der Waals surface area (Å²) in [5.74, 6) is 0.413. The van der Waals surface area contributed by atoms with Crippen molar-refractivity contribution >= 4 is 0 Å². The van der Waals surface area contributed by atoms with E-state index < -0.39 is 0 Å². The molecule has 0 amide bonds. The van der Waals surface area contributed by atoms with Crippen molar-refractivity contribution in [2.75, 3.05) is 0 Å². The number of rotatable bonds is 3. The second kappa shape index (κ2) is 4.66. The third-order valence-corrected chi connectivity index (χ3v) is 4.07. The average molecular weight is 243 g/mol. The minimum absolute atomic E-state index is 0.0503. The highest BCUT2D eigenvalue weighted by Gasteiger charge is 2.33. The second-order valence-corrected chi connectivity index (χ2v) is 6.06. The van der Waals surface area contributed by atoms with Gasteiger partial charge in [-0.05, 0) is 41.9 Å². The maximum Gasteiger partial charge on any atom is 0.0354 e. The van der Waals surface area contributed by atoms with Crippen molar-refractivity contribution in [3.8, 4) is 0 Å². The number of hydrogen-bond donors (Lipinski definition) is 0. The Morgan fingerprint density at radius 1 is 1.56 bits per heavy atom. The number of hydrogen-bond acceptors (Lipinski definition) is 1. The van der Waals surface area contributed by atoms with Crippen LogP contribution in [0.15, 0.2) is 40.1 Å². The van der Waals surface area contributed by atoms with Crippen molar-refractivity contribution in [1.29, 1.82) is 0 Å². The molecule has 2 aliphatic carbocycles. The number of nitrogens with zero attached hydrogens (tertiary/aromatic N) is 3. The Labute approximate surface area is 109 Å². The molecule has 2 unspecified atom stereocenters. The van der Waals surface area contributed by atoms with E-state index in [2.05, 4.69) is 49.0 Å². The predicted octanol–water partition coefficient (Wildman–Crippen LogP) is 4.93. The van der Waals surface area contributed by atoms with Gasteiger partial charge in [-0.25, -0.2) is 0 Å². The van der Waals surface area contributed by atoms with Crippen LogP contribution in [0.1, 0.15) is 40.5 Å². The molecule has 3 heteroatoms. The van der Waals surface area contributed by atoms with Gasteiger partial charge in [0, 0.05) is 16.9 Å². The maximum atomic E-state index is 8.50. The average Bonchev–Trinajstić information content (AvgIpc) is 2.70. The normalized spacial score (nSPS) is 26.4. The highest BCUT2D eigenvalue weighted by Crippen LogP contribution is 2.47. The van der Waals surface area contributed by atoms with E-state index in [9.17, 15) is 0 Å². The first-order valence-electron chi connectivity index (χ1n) is 6.60. The minimum atomic E-state index is 0.0503. The molecule has 0 bridgehead atoms. The van der Waals surface area contributed by atoms with Crippen LogP contribution in [0.5, 0.6) is 0 Å². The Hall–Kier alpha value is -1.47. The molecule has 0 heterocycles. The zero-order valence-electron chi connectivity index (χ0n) is 11.6. The van der Waals surface area contributed by atoms with E-state index in [1.165, 1.54) is 16.7 Å². The number of allylic oxidation sites excluding steroid dienone is 6. The SMILES string of the molecule is CC1=CCC(C)(C)C2=C1C(CC(C)N=[N+]=[N-])C=C2. The van der Waals surface area contributed by atoms with Crippen molar-refractivity contribution < 1.29 is 0 Å². The van der Waals surface area contributed by atoms with E-state index in [-0.39, 0.29) is 11.5 Å². The van der Waals surface area contributed by atoms with Crippen LogP contribution < -0.4 is 0 Å². The fraction of sp³-hybridized carbons (Fsp3) is 0.600. The van der Waals surface area contributed by atoms with Crippen molar-refractivity contribution in [3.63, 3.8) is 0 Å². The Morgan fingerprint density at radius 2 is 2.28 bits per heavy atom. The summed E-state index contributed by atoms with van der Waals surface area (Å²) in [6.07, 6.45) is 8.91. The van der Waals surface area contributed by atoms with E-state index in [4.69, 9.17) is 5.53 Å². The van der Waals surface area contributed by atoms with Gasteiger partial charge in [0.05, 0.1) is 0 Å². The van der Waals surface area contributed by atoms with Crippen LogP contribution >= 0.6 is 0 Å². The van der Waals surface area contributed by atoms with Crippen LogP contribution in [0.25, 0.3) is 10.4 Å². The molecule has 0 aromatic carbocycles. The van der Waals surface area contributed by atoms with Gasteiger partial charge in [0.25, 0.3) is 0 Å². The Kier molecular flexibility index (Phi) is 3.36. The fourth-order valence-corrected chi connectivity index (χ4v) is 3.02. The third-order valence-electron chi connectivity index (χ3n) is 4.07. The minimum Gasteiger partial charge on any atom is -0.0909 e. The van der Waals surface area contributed by atoms with Gasteiger partial charge in [-0.1, -0.05) is 49.7 Å². The van der Waals surface area contributed by atoms with Gasteiger partial charge in [0.2, 0.25) is 0 Å². The summed E-state index contributed by atoms with van der Waals surface area (Å²) in [4.78, 5) is 2.90. The lowest BCUT2D eigenvalue weighted by Crippen LogP contribution is -2.19. The lowest BCUT2D eigenvalue weighted by atomic mass is 9.72. The number of azide groups is 1. The summed E-state index contributed by atoms with van der Waals surface area (Å²) in [6.45, 7) is 8.78. The van der Waals surface area contributed by atoms with Crippen molar-refractivity contribution in [3.05, 3.63) is 45.4 Å². The van der Waals surface area contributed by atoms with Gasteiger partial charge in [-0.2, -0.15) is 0 Å². The molecule has 0 aromatic rings. The molecular weight excluding hydrogens is 222 g/mol. The summed E-state index contributed by atoms with van der Waals surface area (Å²) in [5.41, 5.74) is 13.1. The Balaban J connectivity index is 2.27. The molecule has 0 spiro atoms. The quantitative estimate of drug-likeness (QED) is 0.383. The lowest BCUT2D eigenvalue weighted by Gasteiger charge is -2.32. The van der Waals surface area contributed by atoms with Crippen LogP contribution in [0.4, 0.5) is 0 Å². The first kappa shape index (κ1) is 13.0. The van der Waals surface area contributed by atoms with Crippen LogP contribution in [-0.2, 0) is 0 Å². The lowest BCUT2D eigenvalue weighted by molar-refractivity contribution is 0.448. The second-order valence-electron chi connectivity index (χ2n) is 6.06. The zero-order chi connectivity index (χ0) is 13.3. The van der Waals surface area contributed by atoms with E-state index in [0.29, 0.717) is 5.92 Å². The van der Waals surface area contributed by atoms with Crippen LogP contribution in [0.2, 0.25) is 0 Å². The monoisotopic (exact) mass is 243 g/mol. The topological polar surface area (TPSA) is 48.8 Å². The fourth-order valence-electron chi connectivity index (χ4n) is 3.02. The van der Waals surface area contributed by atoms with E-state index in [0.717, 1.165) is 12.8 Å². The molecule has 2 aliphatic rings. The van der Waals surface area contributed by atoms with Crippen LogP contribution in [0.3, 0.4) is 0 Å². The Bertz CT molecular complexity index is 488. The molecule has 2 rings (SSSR count). The van der Waals surface area contributed by atoms with E-state index >= 15 is 0 Å². The molecule has 0 fully saturated rings. The summed E-state index contributed by atoms with van der Waals surface area (Å²) in [6, 6.07) is 0.0503. The van der Waals surface area contributed by atoms with Crippen molar-refractivity contribution in [1.82, 2.24) is 0 Å². The van der Waals surface area contributed by atoms with Gasteiger partial charge in [0.15, 0.2) is 0 Å². The summed E-state index contributed by atoms with van der Waals surface area (Å²) >= 11 is 0. The summed E-state index contributed by atoms with van der Waals surface area (Å²) < 4.78 is 0. The molecule has 3 nitrogen and oxygen atoms in total. The van der Waals surface area contributed by atoms with Gasteiger partial charge in [-0.15, -0.1) is 0 Å². The standard InChI is InChI=1S/C15H21N3/c1-10-7-8-15(3,4)13-6-5-12(14(10)13)9-11(2)17-18-16/h5-7,11-12H,8-9H2,1-4H3. The smallest absolute Gasteiger partial charge is 0.0354 e. The summed E-state index contributed by atoms with van der Waals surface area (Å²) in [7, 11) is 0. The van der Waals surface area contributed by atoms with E-state index in [1.807, 2.05) is 6.92 Å². The Morgan fingerprint density at radius 3 is 2.94 bits per heavy atom. The molecule has 0 saturated heterocycles. The van der Waals surface area contributed by atoms with E-state index in [1.54, 1.807) is 0 Å². The molecule has 0 saturated carbocycles. The van der Waals surface area contributed by atoms with Gasteiger partial charge in [0.1, 0.15) is 0 Å². The first-order valence-corrected chi connectivity index (χ1v) is 6.60. The van der Waals surface area contributed by atoms with Crippen molar-refractivity contribution in [2.24, 2.45) is 16.4 Å². The summed E-state index contributed by atoms with van der Waals surface area (Å²) in [5, 5.41) is 3.79. The maximum absolute atomic E-state index is 8.50. The van der Waals surface area contributed by atoms with Gasteiger partial charge in [-0.3, -0.25) is 0 Å². The molecule has 2 atom stereocenters. The molecule has 0 radical (unpaired) electrons. The predicted molar refractivity (Wildman–Crippen MR) is 75.0 cm³/mol. The van der Waals surface area contributed by atoms with Crippen molar-refractivity contribution in [2.45, 2.75) is 46.6 Å². The van der Waals surface area contributed by atoms with Gasteiger partial charge < -0.3 is 0 Å². The highest BCUT2D eigenvalue weighted by molar-refractivity contribution is 5.52. The largest absolute Gasteiger partial charge is 0.0909 e. The first-order chi connectivity index (χ1) is 8.45.